The van der Waals surface area contributed by atoms with E-state index in [2.05, 4.69) is 30.4 Å². The first-order valence-electron chi connectivity index (χ1n) is 8.53. The molecule has 126 valence electrons. The van der Waals surface area contributed by atoms with E-state index in [9.17, 15) is 5.11 Å². The molecule has 2 aliphatic rings. The molecule has 0 bridgehead atoms. The number of nitrogens with one attached hydrogen (secondary N) is 1. The fourth-order valence-corrected chi connectivity index (χ4v) is 4.02. The molecule has 4 rings (SSSR count). The van der Waals surface area contributed by atoms with Crippen LogP contribution in [0.3, 0.4) is 0 Å². The van der Waals surface area contributed by atoms with Crippen LogP contribution >= 0.6 is 0 Å². The normalized spacial score (nSPS) is 25.3. The number of phenols is 1. The van der Waals surface area contributed by atoms with Crippen LogP contribution in [0.5, 0.6) is 11.5 Å². The van der Waals surface area contributed by atoms with E-state index in [1.54, 1.807) is 13.2 Å². The van der Waals surface area contributed by atoms with Gasteiger partial charge in [0.1, 0.15) is 0 Å². The highest BCUT2D eigenvalue weighted by molar-refractivity contribution is 5.59. The Morgan fingerprint density at radius 3 is 2.88 bits per heavy atom. The number of rotatable bonds is 2. The van der Waals surface area contributed by atoms with E-state index in [1.165, 1.54) is 11.1 Å². The molecule has 0 unspecified atom stereocenters. The lowest BCUT2D eigenvalue weighted by atomic mass is 9.77. The van der Waals surface area contributed by atoms with Crippen molar-refractivity contribution >= 4 is 5.69 Å². The predicted molar refractivity (Wildman–Crippen MR) is 93.6 cm³/mol. The zero-order valence-electron chi connectivity index (χ0n) is 14.1. The van der Waals surface area contributed by atoms with Gasteiger partial charge in [0, 0.05) is 23.8 Å². The summed E-state index contributed by atoms with van der Waals surface area (Å²) < 4.78 is 11.3. The number of aromatic hydroxyl groups is 1. The number of phenolic OH excluding ortho intramolecular Hbond substituents is 1. The minimum Gasteiger partial charge on any atom is -0.504 e. The molecule has 4 nitrogen and oxygen atoms in total. The maximum atomic E-state index is 10.2. The Balaban J connectivity index is 1.76. The Kier molecular flexibility index (Phi) is 3.85. The fourth-order valence-electron chi connectivity index (χ4n) is 4.02. The quantitative estimate of drug-likeness (QED) is 0.862. The molecule has 0 aliphatic carbocycles. The van der Waals surface area contributed by atoms with Gasteiger partial charge in [0.15, 0.2) is 11.5 Å². The Hall–Kier alpha value is -2.20. The fraction of sp³-hybridized carbons (Fsp3) is 0.400. The lowest BCUT2D eigenvalue weighted by Crippen LogP contribution is -2.36. The van der Waals surface area contributed by atoms with Crippen molar-refractivity contribution in [3.05, 3.63) is 53.1 Å². The number of fused-ring (bicyclic) bond motifs is 3. The van der Waals surface area contributed by atoms with Crippen molar-refractivity contribution in [3.8, 4) is 11.5 Å². The van der Waals surface area contributed by atoms with Crippen LogP contribution in [0.25, 0.3) is 0 Å². The third kappa shape index (κ3) is 2.51. The van der Waals surface area contributed by atoms with E-state index < -0.39 is 0 Å². The molecule has 2 aromatic carbocycles. The molecule has 24 heavy (non-hydrogen) atoms. The summed E-state index contributed by atoms with van der Waals surface area (Å²) >= 11 is 0. The van der Waals surface area contributed by atoms with Crippen molar-refractivity contribution in [1.82, 2.24) is 0 Å². The largest absolute Gasteiger partial charge is 0.504 e. The summed E-state index contributed by atoms with van der Waals surface area (Å²) in [5.41, 5.74) is 4.71. The zero-order valence-corrected chi connectivity index (χ0v) is 14.1. The number of ether oxygens (including phenoxy) is 2. The number of methoxy groups -OCH3 is 1. The molecule has 2 aliphatic heterocycles. The standard InChI is InChI=1S/C20H23NO3/c1-12-5-7-16-15(10-12)20-14(4-3-9-24-20)19(21-16)13-6-8-18(23-2)17(22)11-13/h5-8,10-11,14,19-22H,3-4,9H2,1-2H3/t14-,19+,20-/m0/s1. The van der Waals surface area contributed by atoms with Crippen LogP contribution in [0.2, 0.25) is 0 Å². The summed E-state index contributed by atoms with van der Waals surface area (Å²) in [4.78, 5) is 0. The average molecular weight is 325 g/mol. The van der Waals surface area contributed by atoms with Crippen LogP contribution in [0.15, 0.2) is 36.4 Å². The third-order valence-corrected chi connectivity index (χ3v) is 5.18. The molecule has 4 heteroatoms. The highest BCUT2D eigenvalue weighted by atomic mass is 16.5. The summed E-state index contributed by atoms with van der Waals surface area (Å²) in [5, 5.41) is 13.8. The van der Waals surface area contributed by atoms with E-state index in [4.69, 9.17) is 9.47 Å². The topological polar surface area (TPSA) is 50.7 Å². The number of hydrogen-bond donors (Lipinski definition) is 2. The summed E-state index contributed by atoms with van der Waals surface area (Å²) in [5.74, 6) is 1.04. The molecular weight excluding hydrogens is 302 g/mol. The van der Waals surface area contributed by atoms with Gasteiger partial charge >= 0.3 is 0 Å². The van der Waals surface area contributed by atoms with Gasteiger partial charge < -0.3 is 19.9 Å². The molecular formula is C20H23NO3. The van der Waals surface area contributed by atoms with E-state index in [1.807, 2.05) is 12.1 Å². The van der Waals surface area contributed by atoms with Crippen molar-refractivity contribution in [2.24, 2.45) is 5.92 Å². The van der Waals surface area contributed by atoms with Crippen LogP contribution < -0.4 is 10.1 Å². The van der Waals surface area contributed by atoms with Gasteiger partial charge in [-0.25, -0.2) is 0 Å². The molecule has 2 heterocycles. The van der Waals surface area contributed by atoms with Crippen molar-refractivity contribution in [3.63, 3.8) is 0 Å². The molecule has 3 atom stereocenters. The Morgan fingerprint density at radius 2 is 2.08 bits per heavy atom. The highest BCUT2D eigenvalue weighted by Crippen LogP contribution is 2.49. The van der Waals surface area contributed by atoms with Crippen molar-refractivity contribution in [2.75, 3.05) is 19.0 Å². The van der Waals surface area contributed by atoms with Crippen LogP contribution in [0.1, 0.15) is 41.7 Å². The SMILES string of the molecule is COc1ccc([C@H]2Nc3ccc(C)cc3[C@H]3OCCC[C@@H]23)cc1O. The molecule has 1 saturated heterocycles. The first kappa shape index (κ1) is 15.3. The van der Waals surface area contributed by atoms with Gasteiger partial charge in [-0.05, 0) is 43.5 Å². The Morgan fingerprint density at radius 1 is 1.21 bits per heavy atom. The van der Waals surface area contributed by atoms with E-state index in [-0.39, 0.29) is 17.9 Å². The maximum absolute atomic E-state index is 10.2. The second kappa shape index (κ2) is 6.02. The first-order chi connectivity index (χ1) is 11.7. The van der Waals surface area contributed by atoms with Crippen LogP contribution in [0.4, 0.5) is 5.69 Å². The molecule has 2 N–H and O–H groups in total. The minimum atomic E-state index is 0.115. The Labute approximate surface area is 142 Å². The van der Waals surface area contributed by atoms with Gasteiger partial charge in [-0.3, -0.25) is 0 Å². The van der Waals surface area contributed by atoms with Crippen molar-refractivity contribution in [1.29, 1.82) is 0 Å². The minimum absolute atomic E-state index is 0.115. The van der Waals surface area contributed by atoms with Gasteiger partial charge in [0.05, 0.1) is 19.3 Å². The summed E-state index contributed by atoms with van der Waals surface area (Å²) in [7, 11) is 1.57. The van der Waals surface area contributed by atoms with Gasteiger partial charge in [-0.15, -0.1) is 0 Å². The Bertz CT molecular complexity index is 759. The molecule has 0 spiro atoms. The number of anilines is 1. The smallest absolute Gasteiger partial charge is 0.160 e. The zero-order chi connectivity index (χ0) is 16.7. The molecule has 0 aromatic heterocycles. The van der Waals surface area contributed by atoms with Gasteiger partial charge in [-0.1, -0.05) is 23.8 Å². The number of hydrogen-bond acceptors (Lipinski definition) is 4. The summed E-state index contributed by atoms with van der Waals surface area (Å²) in [6, 6.07) is 12.3. The highest BCUT2D eigenvalue weighted by Gasteiger charge is 2.39. The van der Waals surface area contributed by atoms with E-state index in [0.29, 0.717) is 11.7 Å². The second-order valence-electron chi connectivity index (χ2n) is 6.74. The number of aryl methyl sites for hydroxylation is 1. The van der Waals surface area contributed by atoms with E-state index >= 15 is 0 Å². The second-order valence-corrected chi connectivity index (χ2v) is 6.74. The summed E-state index contributed by atoms with van der Waals surface area (Å²) in [6.45, 7) is 2.93. The van der Waals surface area contributed by atoms with Crippen molar-refractivity contribution in [2.45, 2.75) is 31.9 Å². The van der Waals surface area contributed by atoms with Gasteiger partial charge in [-0.2, -0.15) is 0 Å². The number of benzene rings is 2. The van der Waals surface area contributed by atoms with Crippen LogP contribution in [0, 0.1) is 12.8 Å². The van der Waals surface area contributed by atoms with Crippen LogP contribution in [-0.2, 0) is 4.74 Å². The van der Waals surface area contributed by atoms with Crippen molar-refractivity contribution < 1.29 is 14.6 Å². The van der Waals surface area contributed by atoms with Gasteiger partial charge in [0.25, 0.3) is 0 Å². The molecule has 1 fully saturated rings. The summed E-state index contributed by atoms with van der Waals surface area (Å²) in [6.07, 6.45) is 2.30. The average Bonchev–Trinajstić information content (AvgIpc) is 2.61. The monoisotopic (exact) mass is 325 g/mol. The molecule has 0 saturated carbocycles. The first-order valence-corrected chi connectivity index (χ1v) is 8.53. The van der Waals surface area contributed by atoms with Gasteiger partial charge in [0.2, 0.25) is 0 Å². The van der Waals surface area contributed by atoms with E-state index in [0.717, 1.165) is 30.7 Å². The third-order valence-electron chi connectivity index (χ3n) is 5.18. The molecule has 2 aromatic rings. The molecule has 0 radical (unpaired) electrons. The maximum Gasteiger partial charge on any atom is 0.160 e. The molecule has 0 amide bonds. The lowest BCUT2D eigenvalue weighted by molar-refractivity contribution is -0.0381. The van der Waals surface area contributed by atoms with Crippen LogP contribution in [-0.4, -0.2) is 18.8 Å². The lowest BCUT2D eigenvalue weighted by Gasteiger charge is -2.43. The predicted octanol–water partition coefficient (Wildman–Crippen LogP) is 4.34.